The molecule has 2 saturated heterocycles. The number of rotatable bonds is 9. The van der Waals surface area contributed by atoms with E-state index in [4.69, 9.17) is 15.9 Å². The smallest absolute Gasteiger partial charge is 0.258 e. The van der Waals surface area contributed by atoms with Crippen LogP contribution in [0.25, 0.3) is 16.8 Å². The summed E-state index contributed by atoms with van der Waals surface area (Å²) in [6.07, 6.45) is 5.48. The Bertz CT molecular complexity index is 1770. The second-order valence-corrected chi connectivity index (χ2v) is 13.3. The molecular weight excluding hydrogens is 597 g/mol. The number of ether oxygens (including phenoxy) is 1. The Morgan fingerprint density at radius 3 is 2.57 bits per heavy atom. The summed E-state index contributed by atoms with van der Waals surface area (Å²) in [4.78, 5) is 38.5. The number of fused-ring (bicyclic) bond motifs is 3. The van der Waals surface area contributed by atoms with Gasteiger partial charge in [-0.3, -0.25) is 9.59 Å². The first-order chi connectivity index (χ1) is 22.6. The van der Waals surface area contributed by atoms with Crippen molar-refractivity contribution in [1.82, 2.24) is 15.3 Å². The average Bonchev–Trinajstić information content (AvgIpc) is 3.46. The molecule has 2 aromatic carbocycles. The SMILES string of the molecule is CC(=N)/C(=C(/C)N)c1ccc(NC(=O)C(NC(=O)C2(F)CC2)[C@@H]2CCCc3ccc(-c4cc(N5CC6CC5CO6)ncn4)cc32)cc1. The van der Waals surface area contributed by atoms with Gasteiger partial charge in [0, 0.05) is 46.8 Å². The molecule has 4 aliphatic rings. The van der Waals surface area contributed by atoms with E-state index in [-0.39, 0.29) is 24.9 Å². The van der Waals surface area contributed by atoms with Crippen molar-refractivity contribution in [3.05, 3.63) is 77.2 Å². The van der Waals surface area contributed by atoms with Crippen molar-refractivity contribution in [2.45, 2.75) is 82.1 Å². The number of aromatic nitrogens is 2. The summed E-state index contributed by atoms with van der Waals surface area (Å²) in [5.74, 6) is -0.654. The van der Waals surface area contributed by atoms with Crippen LogP contribution in [0, 0.1) is 5.41 Å². The number of anilines is 2. The molecule has 3 heterocycles. The Kier molecular flexibility index (Phi) is 8.03. The first-order valence-corrected chi connectivity index (χ1v) is 16.4. The number of carbonyl (C=O) groups is 2. The summed E-state index contributed by atoms with van der Waals surface area (Å²) in [5.41, 5.74) is 10.6. The quantitative estimate of drug-likeness (QED) is 0.244. The van der Waals surface area contributed by atoms with Crippen LogP contribution in [-0.4, -0.2) is 64.5 Å². The first kappa shape index (κ1) is 31.0. The standard InChI is InChI=1S/C36H40FN7O3/c1-20(38)32(21(2)39)23-8-10-25(11-9-23)42-34(45)33(43-35(46)36(37)12-13-36)28-5-3-4-22-6-7-24(14-29(22)28)30-16-31(41-19-40-30)44-17-27-15-26(44)18-47-27/h6-11,14,16,19,26-28,33,38H,3-5,12-13,15,17-18,39H2,1-2H3,(H,42,45)(H,43,46)/b32-21+,38-20?/t26?,27?,28-,33?/m1/s1. The van der Waals surface area contributed by atoms with Crippen LogP contribution in [0.15, 0.2) is 60.6 Å². The van der Waals surface area contributed by atoms with E-state index in [0.717, 1.165) is 59.6 Å². The van der Waals surface area contributed by atoms with Crippen molar-refractivity contribution in [2.75, 3.05) is 23.4 Å². The number of nitrogens with one attached hydrogen (secondary N) is 3. The highest BCUT2D eigenvalue weighted by Crippen LogP contribution is 2.42. The number of hydrogen-bond donors (Lipinski definition) is 4. The van der Waals surface area contributed by atoms with Crippen LogP contribution in [0.5, 0.6) is 0 Å². The van der Waals surface area contributed by atoms with Crippen molar-refractivity contribution in [2.24, 2.45) is 5.73 Å². The zero-order valence-corrected chi connectivity index (χ0v) is 26.7. The molecule has 2 amide bonds. The van der Waals surface area contributed by atoms with Crippen molar-refractivity contribution >= 4 is 34.6 Å². The number of aryl methyl sites for hydroxylation is 1. The maximum absolute atomic E-state index is 15.0. The molecule has 244 valence electrons. The molecule has 3 unspecified atom stereocenters. The van der Waals surface area contributed by atoms with Crippen LogP contribution in [0.3, 0.4) is 0 Å². The summed E-state index contributed by atoms with van der Waals surface area (Å²) >= 11 is 0. The van der Waals surface area contributed by atoms with Gasteiger partial charge in [-0.2, -0.15) is 0 Å². The van der Waals surface area contributed by atoms with Gasteiger partial charge in [-0.05, 0) is 87.3 Å². The average molecular weight is 638 g/mol. The van der Waals surface area contributed by atoms with Gasteiger partial charge < -0.3 is 31.4 Å². The lowest BCUT2D eigenvalue weighted by molar-refractivity contribution is -0.131. The molecule has 4 atom stereocenters. The van der Waals surface area contributed by atoms with Gasteiger partial charge in [0.25, 0.3) is 5.91 Å². The van der Waals surface area contributed by atoms with Crippen LogP contribution in [0.2, 0.25) is 0 Å². The van der Waals surface area contributed by atoms with Gasteiger partial charge in [0.1, 0.15) is 18.2 Å². The lowest BCUT2D eigenvalue weighted by Gasteiger charge is -2.33. The number of nitrogens with two attached hydrogens (primary N) is 1. The number of nitrogens with zero attached hydrogens (tertiary/aromatic N) is 3. The van der Waals surface area contributed by atoms with Gasteiger partial charge in [0.2, 0.25) is 5.91 Å². The molecule has 47 heavy (non-hydrogen) atoms. The van der Waals surface area contributed by atoms with Gasteiger partial charge in [-0.15, -0.1) is 0 Å². The fraction of sp³-hybridized carbons (Fsp3) is 0.417. The topological polar surface area (TPSA) is 146 Å². The highest BCUT2D eigenvalue weighted by atomic mass is 19.1. The summed E-state index contributed by atoms with van der Waals surface area (Å²) in [5, 5.41) is 13.8. The van der Waals surface area contributed by atoms with Crippen molar-refractivity contribution < 1.29 is 18.7 Å². The minimum absolute atomic E-state index is 0.156. The number of carbonyl (C=O) groups excluding carboxylic acids is 2. The molecule has 1 aromatic heterocycles. The molecule has 11 heteroatoms. The summed E-state index contributed by atoms with van der Waals surface area (Å²) in [6, 6.07) is 14.6. The lowest BCUT2D eigenvalue weighted by Crippen LogP contribution is -2.51. The predicted octanol–water partition coefficient (Wildman–Crippen LogP) is 4.90. The van der Waals surface area contributed by atoms with Crippen molar-refractivity contribution in [1.29, 1.82) is 5.41 Å². The normalized spacial score (nSPS) is 23.4. The maximum atomic E-state index is 15.0. The molecule has 2 aliphatic heterocycles. The van der Waals surface area contributed by atoms with Gasteiger partial charge in [0.05, 0.1) is 24.4 Å². The molecule has 3 aromatic rings. The second-order valence-electron chi connectivity index (χ2n) is 13.3. The largest absolute Gasteiger partial charge is 0.402 e. The molecule has 3 fully saturated rings. The predicted molar refractivity (Wildman–Crippen MR) is 179 cm³/mol. The minimum Gasteiger partial charge on any atom is -0.402 e. The molecular formula is C36H40FN7O3. The van der Waals surface area contributed by atoms with Crippen LogP contribution in [0.4, 0.5) is 15.9 Å². The molecule has 2 aliphatic carbocycles. The zero-order valence-electron chi connectivity index (χ0n) is 26.7. The molecule has 7 rings (SSSR count). The number of alkyl halides is 1. The number of benzene rings is 2. The summed E-state index contributed by atoms with van der Waals surface area (Å²) < 4.78 is 20.7. The van der Waals surface area contributed by atoms with E-state index in [9.17, 15) is 14.0 Å². The van der Waals surface area contributed by atoms with Gasteiger partial charge in [-0.25, -0.2) is 14.4 Å². The van der Waals surface area contributed by atoms with Crippen molar-refractivity contribution in [3.63, 3.8) is 0 Å². The number of halogens is 1. The molecule has 0 radical (unpaired) electrons. The van der Waals surface area contributed by atoms with Crippen LogP contribution < -0.4 is 21.3 Å². The van der Waals surface area contributed by atoms with E-state index in [1.807, 2.05) is 12.1 Å². The number of amides is 2. The molecule has 10 nitrogen and oxygen atoms in total. The Morgan fingerprint density at radius 1 is 1.13 bits per heavy atom. The Balaban J connectivity index is 1.18. The van der Waals surface area contributed by atoms with E-state index in [2.05, 4.69) is 37.6 Å². The number of allylic oxidation sites excluding steroid dienone is 2. The number of hydrogen-bond acceptors (Lipinski definition) is 8. The molecule has 0 spiro atoms. The summed E-state index contributed by atoms with van der Waals surface area (Å²) in [6.45, 7) is 4.95. The third-order valence-corrected chi connectivity index (χ3v) is 9.93. The third-order valence-electron chi connectivity index (χ3n) is 9.93. The Labute approximate surface area is 273 Å². The Hall–Kier alpha value is -4.64. The molecule has 1 saturated carbocycles. The van der Waals surface area contributed by atoms with E-state index < -0.39 is 23.5 Å². The van der Waals surface area contributed by atoms with Gasteiger partial charge >= 0.3 is 0 Å². The summed E-state index contributed by atoms with van der Waals surface area (Å²) in [7, 11) is 0. The second kappa shape index (κ2) is 12.2. The van der Waals surface area contributed by atoms with Crippen LogP contribution in [-0.2, 0) is 20.7 Å². The third kappa shape index (κ3) is 6.12. The lowest BCUT2D eigenvalue weighted by atomic mass is 9.77. The fourth-order valence-electron chi connectivity index (χ4n) is 7.32. The van der Waals surface area contributed by atoms with E-state index in [0.29, 0.717) is 41.7 Å². The zero-order chi connectivity index (χ0) is 32.9. The maximum Gasteiger partial charge on any atom is 0.258 e. The molecule has 2 bridgehead atoms. The van der Waals surface area contributed by atoms with Crippen LogP contribution >= 0.6 is 0 Å². The van der Waals surface area contributed by atoms with Crippen molar-refractivity contribution in [3.8, 4) is 11.3 Å². The van der Waals surface area contributed by atoms with E-state index in [1.165, 1.54) is 0 Å². The number of morpholine rings is 1. The highest BCUT2D eigenvalue weighted by Gasteiger charge is 2.52. The van der Waals surface area contributed by atoms with E-state index >= 15 is 0 Å². The minimum atomic E-state index is -1.93. The monoisotopic (exact) mass is 637 g/mol. The van der Waals surface area contributed by atoms with E-state index in [1.54, 1.807) is 44.4 Å². The Morgan fingerprint density at radius 2 is 1.91 bits per heavy atom. The van der Waals surface area contributed by atoms with Crippen LogP contribution in [0.1, 0.15) is 68.6 Å². The fourth-order valence-corrected chi connectivity index (χ4v) is 7.32. The highest BCUT2D eigenvalue weighted by molar-refractivity contribution is 6.21. The molecule has 5 N–H and O–H groups in total. The van der Waals surface area contributed by atoms with Gasteiger partial charge in [-0.1, -0.05) is 24.3 Å². The van der Waals surface area contributed by atoms with Gasteiger partial charge in [0.15, 0.2) is 5.67 Å². The first-order valence-electron chi connectivity index (χ1n) is 16.4.